The second kappa shape index (κ2) is 6.81. The number of phenols is 1. The summed E-state index contributed by atoms with van der Waals surface area (Å²) < 4.78 is 0. The van der Waals surface area contributed by atoms with Gasteiger partial charge in [0, 0.05) is 19.5 Å². The Morgan fingerprint density at radius 2 is 1.91 bits per heavy atom. The third kappa shape index (κ3) is 3.52. The highest BCUT2D eigenvalue weighted by Gasteiger charge is 2.23. The number of amides is 1. The van der Waals surface area contributed by atoms with Gasteiger partial charge in [-0.2, -0.15) is 0 Å². The second-order valence-corrected chi connectivity index (χ2v) is 5.71. The molecule has 0 spiro atoms. The van der Waals surface area contributed by atoms with Crippen molar-refractivity contribution >= 4 is 11.6 Å². The standard InChI is InChI=1S/C18H20N2O3/c21-15-8-6-13(14-7-9-17(23)20-18(14)15)16(22)11-19-10-12-4-2-1-3-5-12/h1-6,8,16,19,21-22H,7,9-11H2,(H,20,23). The van der Waals surface area contributed by atoms with E-state index in [0.29, 0.717) is 31.6 Å². The first-order valence-corrected chi connectivity index (χ1v) is 7.72. The summed E-state index contributed by atoms with van der Waals surface area (Å²) in [4.78, 5) is 11.5. The Bertz CT molecular complexity index is 701. The number of carbonyl (C=O) groups excluding carboxylic acids is 1. The maximum absolute atomic E-state index is 11.5. The summed E-state index contributed by atoms with van der Waals surface area (Å²) in [5.74, 6) is -0.0668. The largest absolute Gasteiger partial charge is 0.506 e. The summed E-state index contributed by atoms with van der Waals surface area (Å²) in [6.07, 6.45) is 0.205. The minimum atomic E-state index is -0.692. The number of nitrogens with one attached hydrogen (secondary N) is 2. The van der Waals surface area contributed by atoms with Gasteiger partial charge >= 0.3 is 0 Å². The number of rotatable bonds is 5. The summed E-state index contributed by atoms with van der Waals surface area (Å²) in [6, 6.07) is 13.2. The third-order valence-electron chi connectivity index (χ3n) is 4.06. The molecule has 1 atom stereocenters. The van der Waals surface area contributed by atoms with E-state index < -0.39 is 6.10 Å². The number of benzene rings is 2. The van der Waals surface area contributed by atoms with Crippen LogP contribution in [0.15, 0.2) is 42.5 Å². The van der Waals surface area contributed by atoms with Gasteiger partial charge in [-0.3, -0.25) is 4.79 Å². The van der Waals surface area contributed by atoms with E-state index in [4.69, 9.17) is 0 Å². The predicted octanol–water partition coefficient (Wildman–Crippen LogP) is 2.10. The molecule has 0 saturated carbocycles. The van der Waals surface area contributed by atoms with E-state index in [1.54, 1.807) is 6.07 Å². The molecule has 5 nitrogen and oxygen atoms in total. The number of hydrogen-bond acceptors (Lipinski definition) is 4. The summed E-state index contributed by atoms with van der Waals surface area (Å²) in [5, 5.41) is 26.3. The molecule has 2 aromatic rings. The van der Waals surface area contributed by atoms with Crippen LogP contribution in [0.25, 0.3) is 0 Å². The minimum absolute atomic E-state index is 0.0428. The zero-order chi connectivity index (χ0) is 16.2. The zero-order valence-corrected chi connectivity index (χ0v) is 12.7. The van der Waals surface area contributed by atoms with Gasteiger partial charge in [-0.25, -0.2) is 0 Å². The maximum atomic E-state index is 11.5. The molecule has 120 valence electrons. The first-order valence-electron chi connectivity index (χ1n) is 7.72. The van der Waals surface area contributed by atoms with Crippen LogP contribution in [0, 0.1) is 0 Å². The molecule has 1 heterocycles. The van der Waals surface area contributed by atoms with Gasteiger partial charge in [-0.1, -0.05) is 36.4 Å². The van der Waals surface area contributed by atoms with Crippen molar-refractivity contribution < 1.29 is 15.0 Å². The Kier molecular flexibility index (Phi) is 4.60. The molecular formula is C18H20N2O3. The zero-order valence-electron chi connectivity index (χ0n) is 12.7. The van der Waals surface area contributed by atoms with E-state index in [2.05, 4.69) is 10.6 Å². The normalized spacial score (nSPS) is 14.9. The van der Waals surface area contributed by atoms with Crippen LogP contribution in [0.3, 0.4) is 0 Å². The average Bonchev–Trinajstić information content (AvgIpc) is 2.56. The van der Waals surface area contributed by atoms with Crippen molar-refractivity contribution in [1.82, 2.24) is 5.32 Å². The Morgan fingerprint density at radius 1 is 1.13 bits per heavy atom. The molecule has 5 heteroatoms. The fourth-order valence-electron chi connectivity index (χ4n) is 2.87. The molecule has 1 unspecified atom stereocenters. The van der Waals surface area contributed by atoms with Gasteiger partial charge in [-0.15, -0.1) is 0 Å². The number of anilines is 1. The van der Waals surface area contributed by atoms with E-state index in [1.165, 1.54) is 6.07 Å². The first-order chi connectivity index (χ1) is 11.1. The van der Waals surface area contributed by atoms with Crippen molar-refractivity contribution in [2.24, 2.45) is 0 Å². The molecule has 0 saturated heterocycles. The molecule has 0 bridgehead atoms. The van der Waals surface area contributed by atoms with E-state index in [0.717, 1.165) is 16.7 Å². The van der Waals surface area contributed by atoms with Crippen LogP contribution in [0.4, 0.5) is 5.69 Å². The Hall–Kier alpha value is -2.37. The van der Waals surface area contributed by atoms with Gasteiger partial charge in [0.2, 0.25) is 5.91 Å². The molecular weight excluding hydrogens is 292 g/mol. The summed E-state index contributed by atoms with van der Waals surface area (Å²) >= 11 is 0. The predicted molar refractivity (Wildman–Crippen MR) is 88.2 cm³/mol. The van der Waals surface area contributed by atoms with Gasteiger partial charge in [0.1, 0.15) is 5.75 Å². The number of fused-ring (bicyclic) bond motifs is 1. The van der Waals surface area contributed by atoms with Crippen LogP contribution < -0.4 is 10.6 Å². The van der Waals surface area contributed by atoms with E-state index >= 15 is 0 Å². The summed E-state index contributed by atoms with van der Waals surface area (Å²) in [5.41, 5.74) is 3.15. The highest BCUT2D eigenvalue weighted by molar-refractivity contribution is 5.96. The van der Waals surface area contributed by atoms with Crippen molar-refractivity contribution in [2.75, 3.05) is 11.9 Å². The molecule has 1 aliphatic heterocycles. The lowest BCUT2D eigenvalue weighted by molar-refractivity contribution is -0.116. The number of hydrogen-bond donors (Lipinski definition) is 4. The van der Waals surface area contributed by atoms with Gasteiger partial charge < -0.3 is 20.8 Å². The molecule has 4 N–H and O–H groups in total. The first kappa shape index (κ1) is 15.5. The third-order valence-corrected chi connectivity index (χ3v) is 4.06. The highest BCUT2D eigenvalue weighted by atomic mass is 16.3. The molecule has 2 aromatic carbocycles. The molecule has 0 aliphatic carbocycles. The maximum Gasteiger partial charge on any atom is 0.224 e. The lowest BCUT2D eigenvalue weighted by atomic mass is 9.93. The molecule has 1 aliphatic rings. The highest BCUT2D eigenvalue weighted by Crippen LogP contribution is 2.36. The Morgan fingerprint density at radius 3 is 2.70 bits per heavy atom. The number of phenolic OH excluding ortho intramolecular Hbond substituents is 1. The van der Waals surface area contributed by atoms with Crippen LogP contribution in [-0.2, 0) is 17.8 Å². The number of aliphatic hydroxyl groups is 1. The van der Waals surface area contributed by atoms with Crippen molar-refractivity contribution in [1.29, 1.82) is 0 Å². The van der Waals surface area contributed by atoms with Crippen LogP contribution in [0.2, 0.25) is 0 Å². The van der Waals surface area contributed by atoms with Crippen LogP contribution in [0.5, 0.6) is 5.75 Å². The van der Waals surface area contributed by atoms with Crippen LogP contribution >= 0.6 is 0 Å². The lowest BCUT2D eigenvalue weighted by Crippen LogP contribution is -2.24. The molecule has 0 aromatic heterocycles. The fourth-order valence-corrected chi connectivity index (χ4v) is 2.87. The van der Waals surface area contributed by atoms with Gasteiger partial charge in [0.15, 0.2) is 0 Å². The quantitative estimate of drug-likeness (QED) is 0.637. The van der Waals surface area contributed by atoms with Crippen LogP contribution in [0.1, 0.15) is 29.2 Å². The minimum Gasteiger partial charge on any atom is -0.506 e. The number of aromatic hydroxyl groups is 1. The smallest absolute Gasteiger partial charge is 0.224 e. The average molecular weight is 312 g/mol. The van der Waals surface area contributed by atoms with Crippen molar-refractivity contribution in [2.45, 2.75) is 25.5 Å². The van der Waals surface area contributed by atoms with E-state index in [9.17, 15) is 15.0 Å². The summed E-state index contributed by atoms with van der Waals surface area (Å²) in [6.45, 7) is 1.08. The molecule has 23 heavy (non-hydrogen) atoms. The number of carbonyl (C=O) groups is 1. The second-order valence-electron chi connectivity index (χ2n) is 5.71. The van der Waals surface area contributed by atoms with E-state index in [1.807, 2.05) is 30.3 Å². The molecule has 3 rings (SSSR count). The SMILES string of the molecule is O=C1CCc2c(C(O)CNCc3ccccc3)ccc(O)c2N1. The summed E-state index contributed by atoms with van der Waals surface area (Å²) in [7, 11) is 0. The fraction of sp³-hybridized carbons (Fsp3) is 0.278. The van der Waals surface area contributed by atoms with Crippen molar-refractivity contribution in [3.05, 3.63) is 59.2 Å². The Labute approximate surface area is 135 Å². The van der Waals surface area contributed by atoms with Gasteiger partial charge in [0.25, 0.3) is 0 Å². The van der Waals surface area contributed by atoms with E-state index in [-0.39, 0.29) is 11.7 Å². The van der Waals surface area contributed by atoms with Gasteiger partial charge in [-0.05, 0) is 29.2 Å². The lowest BCUT2D eigenvalue weighted by Gasteiger charge is -2.23. The Balaban J connectivity index is 1.69. The van der Waals surface area contributed by atoms with Crippen molar-refractivity contribution in [3.8, 4) is 5.75 Å². The number of aliphatic hydroxyl groups excluding tert-OH is 1. The van der Waals surface area contributed by atoms with Gasteiger partial charge in [0.05, 0.1) is 11.8 Å². The molecule has 0 fully saturated rings. The van der Waals surface area contributed by atoms with Crippen LogP contribution in [-0.4, -0.2) is 22.7 Å². The molecule has 0 radical (unpaired) electrons. The van der Waals surface area contributed by atoms with Crippen molar-refractivity contribution in [3.63, 3.8) is 0 Å². The molecule has 1 amide bonds. The topological polar surface area (TPSA) is 81.6 Å². The monoisotopic (exact) mass is 312 g/mol.